The highest BCUT2D eigenvalue weighted by molar-refractivity contribution is 6.33. The van der Waals surface area contributed by atoms with Crippen molar-refractivity contribution in [1.82, 2.24) is 4.90 Å². The summed E-state index contributed by atoms with van der Waals surface area (Å²) in [4.78, 5) is 14.5. The molecule has 0 aliphatic carbocycles. The zero-order valence-electron chi connectivity index (χ0n) is 13.0. The van der Waals surface area contributed by atoms with E-state index in [1.54, 1.807) is 4.90 Å². The minimum atomic E-state index is -0.449. The quantitative estimate of drug-likeness (QED) is 0.897. The number of carbonyl (C=O) groups excluding carboxylic acids is 1. The lowest BCUT2D eigenvalue weighted by molar-refractivity contribution is 0.0786. The third kappa shape index (κ3) is 3.72. The van der Waals surface area contributed by atoms with E-state index < -0.39 is 5.82 Å². The standard InChI is InChI=1S/C18H18ClFN2O.ClH/c19-17-8-14(20)6-7-15(17)18(23)22-10-13(9-21)16(11-22)12-4-2-1-3-5-12;/h1-8,13,16H,9-11,21H2;1H/t13-,16+;/m1./s1. The third-order valence-electron chi connectivity index (χ3n) is 4.42. The van der Waals surface area contributed by atoms with Gasteiger partial charge in [-0.1, -0.05) is 41.9 Å². The molecule has 6 heteroatoms. The topological polar surface area (TPSA) is 46.3 Å². The van der Waals surface area contributed by atoms with Crippen LogP contribution in [0.25, 0.3) is 0 Å². The van der Waals surface area contributed by atoms with Gasteiger partial charge in [0.25, 0.3) is 5.91 Å². The lowest BCUT2D eigenvalue weighted by atomic mass is 9.89. The minimum absolute atomic E-state index is 0. The summed E-state index contributed by atoms with van der Waals surface area (Å²) in [5.41, 5.74) is 7.41. The Morgan fingerprint density at radius 1 is 1.21 bits per heavy atom. The van der Waals surface area contributed by atoms with Crippen molar-refractivity contribution in [1.29, 1.82) is 0 Å². The molecule has 2 aromatic carbocycles. The van der Waals surface area contributed by atoms with E-state index in [2.05, 4.69) is 12.1 Å². The first-order valence-corrected chi connectivity index (χ1v) is 7.97. The third-order valence-corrected chi connectivity index (χ3v) is 4.73. The molecular weight excluding hydrogens is 350 g/mol. The van der Waals surface area contributed by atoms with Crippen LogP contribution in [0.15, 0.2) is 48.5 Å². The van der Waals surface area contributed by atoms with Crippen molar-refractivity contribution in [2.75, 3.05) is 19.6 Å². The number of nitrogens with zero attached hydrogens (tertiary/aromatic N) is 1. The Labute approximate surface area is 152 Å². The molecule has 1 fully saturated rings. The summed E-state index contributed by atoms with van der Waals surface area (Å²) in [6.07, 6.45) is 0. The molecule has 3 nitrogen and oxygen atoms in total. The van der Waals surface area contributed by atoms with Gasteiger partial charge in [0.1, 0.15) is 5.82 Å². The number of rotatable bonds is 3. The van der Waals surface area contributed by atoms with Crippen LogP contribution in [0.3, 0.4) is 0 Å². The number of amides is 1. The molecule has 0 aromatic heterocycles. The van der Waals surface area contributed by atoms with Crippen LogP contribution < -0.4 is 5.73 Å². The minimum Gasteiger partial charge on any atom is -0.338 e. The summed E-state index contributed by atoms with van der Waals surface area (Å²) in [5.74, 6) is -0.202. The van der Waals surface area contributed by atoms with Gasteiger partial charge in [-0.05, 0) is 36.2 Å². The van der Waals surface area contributed by atoms with Gasteiger partial charge < -0.3 is 10.6 Å². The zero-order valence-corrected chi connectivity index (χ0v) is 14.6. The van der Waals surface area contributed by atoms with E-state index in [0.29, 0.717) is 25.2 Å². The lowest BCUT2D eigenvalue weighted by Crippen LogP contribution is -2.30. The molecule has 2 N–H and O–H groups in total. The zero-order chi connectivity index (χ0) is 16.4. The molecule has 0 unspecified atom stereocenters. The molecule has 24 heavy (non-hydrogen) atoms. The molecule has 0 spiro atoms. The van der Waals surface area contributed by atoms with Gasteiger partial charge in [0, 0.05) is 19.0 Å². The summed E-state index contributed by atoms with van der Waals surface area (Å²) in [6.45, 7) is 1.70. The summed E-state index contributed by atoms with van der Waals surface area (Å²) < 4.78 is 13.2. The van der Waals surface area contributed by atoms with Gasteiger partial charge >= 0.3 is 0 Å². The molecule has 1 aliphatic rings. The van der Waals surface area contributed by atoms with Gasteiger partial charge in [0.05, 0.1) is 10.6 Å². The summed E-state index contributed by atoms with van der Waals surface area (Å²) in [7, 11) is 0. The molecule has 0 saturated carbocycles. The SMILES string of the molecule is Cl.NC[C@@H]1CN(C(=O)c2ccc(F)cc2Cl)C[C@H]1c1ccccc1. The monoisotopic (exact) mass is 368 g/mol. The van der Waals surface area contributed by atoms with Gasteiger partial charge in [-0.3, -0.25) is 4.79 Å². The van der Waals surface area contributed by atoms with Gasteiger partial charge in [-0.2, -0.15) is 0 Å². The van der Waals surface area contributed by atoms with Crippen LogP contribution in [0.2, 0.25) is 5.02 Å². The Morgan fingerprint density at radius 3 is 2.54 bits per heavy atom. The Morgan fingerprint density at radius 2 is 1.92 bits per heavy atom. The molecule has 1 saturated heterocycles. The van der Waals surface area contributed by atoms with E-state index in [-0.39, 0.29) is 35.2 Å². The molecule has 2 atom stereocenters. The first kappa shape index (κ1) is 18.7. The Hall–Kier alpha value is -1.62. The highest BCUT2D eigenvalue weighted by atomic mass is 35.5. The Bertz CT molecular complexity index is 711. The fourth-order valence-corrected chi connectivity index (χ4v) is 3.44. The number of carbonyl (C=O) groups is 1. The fourth-order valence-electron chi connectivity index (χ4n) is 3.19. The largest absolute Gasteiger partial charge is 0.338 e. The van der Waals surface area contributed by atoms with Crippen LogP contribution in [0.4, 0.5) is 4.39 Å². The van der Waals surface area contributed by atoms with Crippen LogP contribution in [-0.2, 0) is 0 Å². The van der Waals surface area contributed by atoms with E-state index in [4.69, 9.17) is 17.3 Å². The number of halogens is 3. The molecule has 0 radical (unpaired) electrons. The smallest absolute Gasteiger partial charge is 0.255 e. The first-order chi connectivity index (χ1) is 11.1. The molecule has 0 bridgehead atoms. The predicted octanol–water partition coefficient (Wildman–Crippen LogP) is 3.72. The molecule has 3 rings (SSSR count). The second-order valence-corrected chi connectivity index (χ2v) is 6.25. The molecular formula is C18H19Cl2FN2O. The second-order valence-electron chi connectivity index (χ2n) is 5.85. The number of hydrogen-bond donors (Lipinski definition) is 1. The van der Waals surface area contributed by atoms with Gasteiger partial charge in [-0.15, -0.1) is 12.4 Å². The predicted molar refractivity (Wildman–Crippen MR) is 96.3 cm³/mol. The number of benzene rings is 2. The highest BCUT2D eigenvalue weighted by Crippen LogP contribution is 2.33. The van der Waals surface area contributed by atoms with E-state index in [1.165, 1.54) is 23.8 Å². The summed E-state index contributed by atoms with van der Waals surface area (Å²) in [5, 5.41) is 0.141. The number of nitrogens with two attached hydrogens (primary N) is 1. The number of hydrogen-bond acceptors (Lipinski definition) is 2. The van der Waals surface area contributed by atoms with E-state index in [1.807, 2.05) is 18.2 Å². The van der Waals surface area contributed by atoms with Crippen LogP contribution >= 0.6 is 24.0 Å². The van der Waals surface area contributed by atoms with Crippen molar-refractivity contribution in [2.45, 2.75) is 5.92 Å². The van der Waals surface area contributed by atoms with Crippen LogP contribution in [-0.4, -0.2) is 30.4 Å². The Kier molecular flexibility index (Phi) is 6.21. The van der Waals surface area contributed by atoms with Crippen molar-refractivity contribution in [2.24, 2.45) is 11.7 Å². The highest BCUT2D eigenvalue weighted by Gasteiger charge is 2.36. The maximum Gasteiger partial charge on any atom is 0.255 e. The average molecular weight is 369 g/mol. The maximum absolute atomic E-state index is 13.2. The van der Waals surface area contributed by atoms with Gasteiger partial charge in [0.15, 0.2) is 0 Å². The summed E-state index contributed by atoms with van der Waals surface area (Å²) >= 11 is 6.01. The van der Waals surface area contributed by atoms with Crippen LogP contribution in [0.5, 0.6) is 0 Å². The average Bonchev–Trinajstić information content (AvgIpc) is 2.99. The van der Waals surface area contributed by atoms with Crippen molar-refractivity contribution < 1.29 is 9.18 Å². The van der Waals surface area contributed by atoms with Crippen LogP contribution in [0, 0.1) is 11.7 Å². The Balaban J connectivity index is 0.00000208. The molecule has 1 aliphatic heterocycles. The van der Waals surface area contributed by atoms with E-state index in [9.17, 15) is 9.18 Å². The molecule has 1 heterocycles. The molecule has 1 amide bonds. The maximum atomic E-state index is 13.2. The van der Waals surface area contributed by atoms with Crippen molar-refractivity contribution in [3.63, 3.8) is 0 Å². The lowest BCUT2D eigenvalue weighted by Gasteiger charge is -2.17. The van der Waals surface area contributed by atoms with E-state index >= 15 is 0 Å². The fraction of sp³-hybridized carbons (Fsp3) is 0.278. The van der Waals surface area contributed by atoms with Crippen molar-refractivity contribution in [3.05, 3.63) is 70.5 Å². The van der Waals surface area contributed by atoms with E-state index in [0.717, 1.165) is 0 Å². The second kappa shape index (κ2) is 7.97. The molecule has 128 valence electrons. The number of likely N-dealkylation sites (tertiary alicyclic amines) is 1. The normalized spacial score (nSPS) is 19.9. The van der Waals surface area contributed by atoms with Crippen molar-refractivity contribution >= 4 is 29.9 Å². The van der Waals surface area contributed by atoms with Crippen LogP contribution in [0.1, 0.15) is 21.8 Å². The van der Waals surface area contributed by atoms with Gasteiger partial charge in [0.2, 0.25) is 0 Å². The first-order valence-electron chi connectivity index (χ1n) is 7.59. The van der Waals surface area contributed by atoms with Crippen molar-refractivity contribution in [3.8, 4) is 0 Å². The molecule has 2 aromatic rings. The summed E-state index contributed by atoms with van der Waals surface area (Å²) in [6, 6.07) is 13.9. The van der Waals surface area contributed by atoms with Gasteiger partial charge in [-0.25, -0.2) is 4.39 Å².